The van der Waals surface area contributed by atoms with Crippen LogP contribution in [-0.4, -0.2) is 23.3 Å². The molecule has 0 aromatic carbocycles. The molecule has 0 radical (unpaired) electrons. The van der Waals surface area contributed by atoms with E-state index in [0.717, 1.165) is 0 Å². The molecule has 0 amide bonds. The van der Waals surface area contributed by atoms with Crippen molar-refractivity contribution in [2.24, 2.45) is 10.9 Å². The van der Waals surface area contributed by atoms with Gasteiger partial charge in [-0.05, 0) is 5.16 Å². The quantitative estimate of drug-likeness (QED) is 0.268. The minimum absolute atomic E-state index is 0.138. The van der Waals surface area contributed by atoms with Crippen LogP contribution in [0.1, 0.15) is 5.76 Å². The van der Waals surface area contributed by atoms with E-state index in [9.17, 15) is 0 Å². The summed E-state index contributed by atoms with van der Waals surface area (Å²) in [4.78, 5) is 0. The SMILES string of the molecule is COc1cc(/C(N)=N/O)on1. The highest BCUT2D eigenvalue weighted by molar-refractivity contribution is 5.94. The Balaban J connectivity index is 2.89. The molecule has 1 rings (SSSR count). The second-order valence-corrected chi connectivity index (χ2v) is 1.72. The molecule has 3 N–H and O–H groups in total. The summed E-state index contributed by atoms with van der Waals surface area (Å²) in [7, 11) is 1.44. The maximum absolute atomic E-state index is 8.20. The summed E-state index contributed by atoms with van der Waals surface area (Å²) < 4.78 is 9.31. The minimum atomic E-state index is -0.138. The number of amidine groups is 1. The second-order valence-electron chi connectivity index (χ2n) is 1.72. The smallest absolute Gasteiger partial charge is 0.254 e. The van der Waals surface area contributed by atoms with Crippen LogP contribution < -0.4 is 10.5 Å². The summed E-state index contributed by atoms with van der Waals surface area (Å²) in [6.45, 7) is 0. The van der Waals surface area contributed by atoms with Gasteiger partial charge >= 0.3 is 0 Å². The summed E-state index contributed by atoms with van der Waals surface area (Å²) in [6.07, 6.45) is 0. The van der Waals surface area contributed by atoms with Gasteiger partial charge in [-0.1, -0.05) is 5.16 Å². The van der Waals surface area contributed by atoms with Crippen LogP contribution in [-0.2, 0) is 0 Å². The average Bonchev–Trinajstić information content (AvgIpc) is 2.50. The molecule has 11 heavy (non-hydrogen) atoms. The van der Waals surface area contributed by atoms with Crippen molar-refractivity contribution in [2.75, 3.05) is 7.11 Å². The van der Waals surface area contributed by atoms with Gasteiger partial charge in [-0.25, -0.2) is 0 Å². The Kier molecular flexibility index (Phi) is 1.95. The third kappa shape index (κ3) is 1.40. The number of aromatic nitrogens is 1. The van der Waals surface area contributed by atoms with E-state index in [4.69, 9.17) is 15.7 Å². The molecule has 0 unspecified atom stereocenters. The minimum Gasteiger partial charge on any atom is -0.479 e. The first-order chi connectivity index (χ1) is 5.27. The Hall–Kier alpha value is -1.72. The zero-order valence-electron chi connectivity index (χ0n) is 5.81. The lowest BCUT2D eigenvalue weighted by atomic mass is 10.4. The van der Waals surface area contributed by atoms with Gasteiger partial charge in [0.25, 0.3) is 5.88 Å². The van der Waals surface area contributed by atoms with Crippen molar-refractivity contribution >= 4 is 5.84 Å². The van der Waals surface area contributed by atoms with E-state index in [1.807, 2.05) is 0 Å². The molecule has 6 nitrogen and oxygen atoms in total. The van der Waals surface area contributed by atoms with Gasteiger partial charge < -0.3 is 20.2 Å². The maximum Gasteiger partial charge on any atom is 0.254 e. The molecule has 0 aliphatic carbocycles. The number of oxime groups is 1. The molecule has 0 saturated heterocycles. The molecule has 1 heterocycles. The predicted molar refractivity (Wildman–Crippen MR) is 35.6 cm³/mol. The van der Waals surface area contributed by atoms with E-state index in [1.54, 1.807) is 0 Å². The third-order valence-electron chi connectivity index (χ3n) is 1.06. The number of hydrogen-bond acceptors (Lipinski definition) is 5. The van der Waals surface area contributed by atoms with Crippen LogP contribution in [0.2, 0.25) is 0 Å². The van der Waals surface area contributed by atoms with Gasteiger partial charge in [-0.15, -0.1) is 0 Å². The molecule has 0 fully saturated rings. The molecule has 0 aliphatic rings. The van der Waals surface area contributed by atoms with Crippen LogP contribution in [0.25, 0.3) is 0 Å². The highest BCUT2D eigenvalue weighted by Gasteiger charge is 2.07. The van der Waals surface area contributed by atoms with E-state index in [0.29, 0.717) is 0 Å². The Morgan fingerprint density at radius 3 is 3.09 bits per heavy atom. The summed E-state index contributed by atoms with van der Waals surface area (Å²) in [5.41, 5.74) is 5.17. The van der Waals surface area contributed by atoms with Crippen LogP contribution in [0.15, 0.2) is 15.7 Å². The van der Waals surface area contributed by atoms with Crippen molar-refractivity contribution < 1.29 is 14.5 Å². The number of rotatable bonds is 2. The first-order valence-corrected chi connectivity index (χ1v) is 2.76. The molecule has 0 saturated carbocycles. The van der Waals surface area contributed by atoms with Gasteiger partial charge in [-0.3, -0.25) is 0 Å². The van der Waals surface area contributed by atoms with E-state index < -0.39 is 0 Å². The van der Waals surface area contributed by atoms with Crippen molar-refractivity contribution in [1.29, 1.82) is 0 Å². The fourth-order valence-electron chi connectivity index (χ4n) is 0.525. The van der Waals surface area contributed by atoms with Crippen molar-refractivity contribution in [3.8, 4) is 5.88 Å². The van der Waals surface area contributed by atoms with Crippen LogP contribution in [0.5, 0.6) is 5.88 Å². The Bertz CT molecular complexity index is 268. The Labute approximate surface area is 62.2 Å². The molecule has 0 atom stereocenters. The van der Waals surface area contributed by atoms with Crippen LogP contribution >= 0.6 is 0 Å². The summed E-state index contributed by atoms with van der Waals surface area (Å²) in [6, 6.07) is 1.41. The molecule has 0 bridgehead atoms. The first kappa shape index (κ1) is 7.39. The number of nitrogens with two attached hydrogens (primary N) is 1. The highest BCUT2D eigenvalue weighted by Crippen LogP contribution is 2.09. The number of nitrogens with zero attached hydrogens (tertiary/aromatic N) is 2. The second kappa shape index (κ2) is 2.91. The molecule has 60 valence electrons. The zero-order chi connectivity index (χ0) is 8.27. The molecule has 1 aromatic heterocycles. The summed E-state index contributed by atoms with van der Waals surface area (Å²) >= 11 is 0. The normalized spacial score (nSPS) is 11.5. The molecule has 0 aliphatic heterocycles. The maximum atomic E-state index is 8.20. The van der Waals surface area contributed by atoms with Crippen molar-refractivity contribution in [1.82, 2.24) is 5.16 Å². The predicted octanol–water partition coefficient (Wildman–Crippen LogP) is -0.222. The van der Waals surface area contributed by atoms with E-state index in [-0.39, 0.29) is 17.5 Å². The van der Waals surface area contributed by atoms with Crippen molar-refractivity contribution in [2.45, 2.75) is 0 Å². The van der Waals surface area contributed by atoms with E-state index >= 15 is 0 Å². The van der Waals surface area contributed by atoms with Crippen LogP contribution in [0, 0.1) is 0 Å². The number of hydrogen-bond donors (Lipinski definition) is 2. The van der Waals surface area contributed by atoms with Crippen molar-refractivity contribution in [3.63, 3.8) is 0 Å². The summed E-state index contributed by atoms with van der Waals surface area (Å²) in [5.74, 6) is 0.316. The van der Waals surface area contributed by atoms with Gasteiger partial charge in [0, 0.05) is 0 Å². The fraction of sp³-hybridized carbons (Fsp3) is 0.200. The van der Waals surface area contributed by atoms with Crippen molar-refractivity contribution in [3.05, 3.63) is 11.8 Å². The lowest BCUT2D eigenvalue weighted by Crippen LogP contribution is -2.11. The largest absolute Gasteiger partial charge is 0.479 e. The molecular weight excluding hydrogens is 150 g/mol. The Morgan fingerprint density at radius 1 is 1.91 bits per heavy atom. The first-order valence-electron chi connectivity index (χ1n) is 2.76. The summed E-state index contributed by atoms with van der Waals surface area (Å²) in [5, 5.41) is 14.4. The van der Waals surface area contributed by atoms with Crippen LogP contribution in [0.4, 0.5) is 0 Å². The molecule has 6 heteroatoms. The molecule has 0 spiro atoms. The molecule has 1 aromatic rings. The monoisotopic (exact) mass is 157 g/mol. The number of ether oxygens (including phenoxy) is 1. The average molecular weight is 157 g/mol. The lowest BCUT2D eigenvalue weighted by Gasteiger charge is -1.86. The van der Waals surface area contributed by atoms with Gasteiger partial charge in [-0.2, -0.15) is 0 Å². The highest BCUT2D eigenvalue weighted by atomic mass is 16.5. The van der Waals surface area contributed by atoms with Crippen LogP contribution in [0.3, 0.4) is 0 Å². The van der Waals surface area contributed by atoms with E-state index in [2.05, 4.69) is 14.8 Å². The van der Waals surface area contributed by atoms with Gasteiger partial charge in [0.15, 0.2) is 0 Å². The van der Waals surface area contributed by atoms with Gasteiger partial charge in [0.1, 0.15) is 0 Å². The van der Waals surface area contributed by atoms with Gasteiger partial charge in [0.05, 0.1) is 13.2 Å². The zero-order valence-corrected chi connectivity index (χ0v) is 5.81. The lowest BCUT2D eigenvalue weighted by molar-refractivity contribution is 0.312. The number of methoxy groups -OCH3 is 1. The van der Waals surface area contributed by atoms with E-state index in [1.165, 1.54) is 13.2 Å². The third-order valence-corrected chi connectivity index (χ3v) is 1.06. The Morgan fingerprint density at radius 2 is 2.64 bits per heavy atom. The standard InChI is InChI=1S/C5H7N3O3/c1-10-4-2-3(11-8-4)5(6)7-9/h2,9H,1H3,(H2,6,7). The topological polar surface area (TPSA) is 93.9 Å². The molecular formula is C5H7N3O3. The fourth-order valence-corrected chi connectivity index (χ4v) is 0.525. The van der Waals surface area contributed by atoms with Gasteiger partial charge in [0.2, 0.25) is 11.6 Å².